The van der Waals surface area contributed by atoms with Crippen molar-refractivity contribution in [2.24, 2.45) is 5.73 Å². The van der Waals surface area contributed by atoms with Crippen LogP contribution in [-0.2, 0) is 0 Å². The van der Waals surface area contributed by atoms with Crippen molar-refractivity contribution in [3.8, 4) is 0 Å². The van der Waals surface area contributed by atoms with Gasteiger partial charge in [-0.25, -0.2) is 0 Å². The summed E-state index contributed by atoms with van der Waals surface area (Å²) < 4.78 is 1.13. The number of benzene rings is 1. The second kappa shape index (κ2) is 5.80. The molecule has 90 valence electrons. The molecule has 2 rings (SSSR count). The Hall–Kier alpha value is -0.640. The fourth-order valence-electron chi connectivity index (χ4n) is 2.14. The molecule has 0 amide bonds. The molecule has 0 aliphatic heterocycles. The van der Waals surface area contributed by atoms with Crippen molar-refractivity contribution in [2.45, 2.75) is 25.3 Å². The van der Waals surface area contributed by atoms with Gasteiger partial charge in [0, 0.05) is 21.8 Å². The van der Waals surface area contributed by atoms with Crippen LogP contribution in [0.5, 0.6) is 0 Å². The summed E-state index contributed by atoms with van der Waals surface area (Å²) in [7, 11) is 0. The fraction of sp³-hybridized carbons (Fsp3) is 0.286. The SMILES string of the molecule is CCC(c1ccccc1)C(N)c1cscc1Br. The Morgan fingerprint density at radius 2 is 1.94 bits per heavy atom. The van der Waals surface area contributed by atoms with Crippen LogP contribution in [0.1, 0.15) is 36.4 Å². The first-order valence-corrected chi connectivity index (χ1v) is 7.49. The topological polar surface area (TPSA) is 26.0 Å². The molecule has 17 heavy (non-hydrogen) atoms. The minimum atomic E-state index is 0.0584. The quantitative estimate of drug-likeness (QED) is 0.870. The number of hydrogen-bond acceptors (Lipinski definition) is 2. The molecule has 0 fully saturated rings. The zero-order valence-electron chi connectivity index (χ0n) is 9.77. The van der Waals surface area contributed by atoms with Crippen LogP contribution in [0, 0.1) is 0 Å². The lowest BCUT2D eigenvalue weighted by Crippen LogP contribution is -2.19. The maximum atomic E-state index is 6.40. The summed E-state index contributed by atoms with van der Waals surface area (Å²) in [5, 5.41) is 4.23. The minimum absolute atomic E-state index is 0.0584. The second-order valence-electron chi connectivity index (χ2n) is 4.13. The van der Waals surface area contributed by atoms with Gasteiger partial charge in [-0.05, 0) is 38.9 Å². The fourth-order valence-corrected chi connectivity index (χ4v) is 3.75. The summed E-state index contributed by atoms with van der Waals surface area (Å²) in [5.41, 5.74) is 8.94. The van der Waals surface area contributed by atoms with E-state index in [1.165, 1.54) is 11.1 Å². The van der Waals surface area contributed by atoms with E-state index in [1.807, 2.05) is 6.07 Å². The van der Waals surface area contributed by atoms with Gasteiger partial charge in [-0.3, -0.25) is 0 Å². The Bertz CT molecular complexity index is 466. The molecule has 1 aromatic heterocycles. The molecular formula is C14H16BrNS. The van der Waals surface area contributed by atoms with Gasteiger partial charge in [-0.1, -0.05) is 37.3 Å². The summed E-state index contributed by atoms with van der Waals surface area (Å²) in [6.45, 7) is 2.19. The predicted molar refractivity (Wildman–Crippen MR) is 78.4 cm³/mol. The Morgan fingerprint density at radius 1 is 1.24 bits per heavy atom. The van der Waals surface area contributed by atoms with E-state index in [-0.39, 0.29) is 6.04 Å². The molecule has 1 heterocycles. The van der Waals surface area contributed by atoms with E-state index in [4.69, 9.17) is 5.73 Å². The van der Waals surface area contributed by atoms with Crippen molar-refractivity contribution < 1.29 is 0 Å². The smallest absolute Gasteiger partial charge is 0.0383 e. The van der Waals surface area contributed by atoms with Gasteiger partial charge in [-0.2, -0.15) is 11.3 Å². The van der Waals surface area contributed by atoms with Gasteiger partial charge in [0.15, 0.2) is 0 Å². The Morgan fingerprint density at radius 3 is 2.47 bits per heavy atom. The van der Waals surface area contributed by atoms with Gasteiger partial charge in [-0.15, -0.1) is 0 Å². The second-order valence-corrected chi connectivity index (χ2v) is 5.72. The van der Waals surface area contributed by atoms with Crippen molar-refractivity contribution in [2.75, 3.05) is 0 Å². The summed E-state index contributed by atoms with van der Waals surface area (Å²) in [4.78, 5) is 0. The van der Waals surface area contributed by atoms with Crippen molar-refractivity contribution in [3.63, 3.8) is 0 Å². The highest BCUT2D eigenvalue weighted by molar-refractivity contribution is 9.10. The van der Waals surface area contributed by atoms with Gasteiger partial charge in [0.1, 0.15) is 0 Å². The average molecular weight is 310 g/mol. The highest BCUT2D eigenvalue weighted by Crippen LogP contribution is 2.36. The molecule has 2 aromatic rings. The van der Waals surface area contributed by atoms with Gasteiger partial charge >= 0.3 is 0 Å². The minimum Gasteiger partial charge on any atom is -0.323 e. The molecule has 0 spiro atoms. The summed E-state index contributed by atoms with van der Waals surface area (Å²) >= 11 is 5.26. The van der Waals surface area contributed by atoms with Crippen LogP contribution in [0.3, 0.4) is 0 Å². The maximum absolute atomic E-state index is 6.40. The molecule has 1 aromatic carbocycles. The van der Waals surface area contributed by atoms with Crippen molar-refractivity contribution >= 4 is 27.3 Å². The Balaban J connectivity index is 2.28. The molecule has 1 nitrogen and oxygen atoms in total. The van der Waals surface area contributed by atoms with Crippen LogP contribution < -0.4 is 5.73 Å². The molecule has 0 radical (unpaired) electrons. The molecule has 2 N–H and O–H groups in total. The first kappa shape index (κ1) is 12.8. The highest BCUT2D eigenvalue weighted by atomic mass is 79.9. The van der Waals surface area contributed by atoms with Gasteiger partial charge in [0.25, 0.3) is 0 Å². The van der Waals surface area contributed by atoms with E-state index in [9.17, 15) is 0 Å². The van der Waals surface area contributed by atoms with Crippen LogP contribution in [-0.4, -0.2) is 0 Å². The molecule has 0 aliphatic carbocycles. The summed E-state index contributed by atoms with van der Waals surface area (Å²) in [6.07, 6.45) is 1.05. The van der Waals surface area contributed by atoms with Crippen LogP contribution in [0.15, 0.2) is 45.6 Å². The van der Waals surface area contributed by atoms with E-state index in [2.05, 4.69) is 57.9 Å². The molecule has 0 saturated heterocycles. The van der Waals surface area contributed by atoms with Crippen LogP contribution in [0.2, 0.25) is 0 Å². The lowest BCUT2D eigenvalue weighted by atomic mass is 9.87. The van der Waals surface area contributed by atoms with E-state index in [1.54, 1.807) is 11.3 Å². The number of rotatable bonds is 4. The molecule has 2 unspecified atom stereocenters. The van der Waals surface area contributed by atoms with Crippen molar-refractivity contribution in [1.82, 2.24) is 0 Å². The molecule has 2 atom stereocenters. The zero-order chi connectivity index (χ0) is 12.3. The molecular weight excluding hydrogens is 294 g/mol. The molecule has 0 aliphatic rings. The van der Waals surface area contributed by atoms with Gasteiger partial charge < -0.3 is 5.73 Å². The standard InChI is InChI=1S/C14H16BrNS/c1-2-11(10-6-4-3-5-7-10)14(16)12-8-17-9-13(12)15/h3-9,11,14H,2,16H2,1H3. The average Bonchev–Trinajstić information content (AvgIpc) is 2.77. The third-order valence-corrected chi connectivity index (χ3v) is 4.85. The Kier molecular flexibility index (Phi) is 4.37. The lowest BCUT2D eigenvalue weighted by molar-refractivity contribution is 0.539. The third kappa shape index (κ3) is 2.79. The first-order valence-electron chi connectivity index (χ1n) is 5.76. The number of halogens is 1. The predicted octanol–water partition coefficient (Wildman–Crippen LogP) is 4.70. The van der Waals surface area contributed by atoms with Crippen LogP contribution in [0.4, 0.5) is 0 Å². The highest BCUT2D eigenvalue weighted by Gasteiger charge is 2.21. The number of nitrogens with two attached hydrogens (primary N) is 1. The number of hydrogen-bond donors (Lipinski definition) is 1. The van der Waals surface area contributed by atoms with Crippen LogP contribution in [0.25, 0.3) is 0 Å². The van der Waals surface area contributed by atoms with Crippen molar-refractivity contribution in [1.29, 1.82) is 0 Å². The van der Waals surface area contributed by atoms with E-state index >= 15 is 0 Å². The Labute approximate surface area is 115 Å². The van der Waals surface area contributed by atoms with Gasteiger partial charge in [0.05, 0.1) is 0 Å². The van der Waals surface area contributed by atoms with E-state index < -0.39 is 0 Å². The summed E-state index contributed by atoms with van der Waals surface area (Å²) in [6, 6.07) is 10.6. The molecule has 3 heteroatoms. The first-order chi connectivity index (χ1) is 8.24. The number of thiophene rings is 1. The monoisotopic (exact) mass is 309 g/mol. The maximum Gasteiger partial charge on any atom is 0.0383 e. The zero-order valence-corrected chi connectivity index (χ0v) is 12.2. The molecule has 0 bridgehead atoms. The van der Waals surface area contributed by atoms with E-state index in [0.29, 0.717) is 5.92 Å². The molecule has 0 saturated carbocycles. The largest absolute Gasteiger partial charge is 0.323 e. The lowest BCUT2D eigenvalue weighted by Gasteiger charge is -2.23. The van der Waals surface area contributed by atoms with Crippen LogP contribution >= 0.6 is 27.3 Å². The third-order valence-electron chi connectivity index (χ3n) is 3.10. The van der Waals surface area contributed by atoms with E-state index in [0.717, 1.165) is 10.9 Å². The van der Waals surface area contributed by atoms with Crippen molar-refractivity contribution in [3.05, 3.63) is 56.7 Å². The normalized spacial score (nSPS) is 14.5. The van der Waals surface area contributed by atoms with Gasteiger partial charge in [0.2, 0.25) is 0 Å². The summed E-state index contributed by atoms with van der Waals surface area (Å²) in [5.74, 6) is 0.377.